The number of benzene rings is 1. The van der Waals surface area contributed by atoms with Gasteiger partial charge in [0.15, 0.2) is 11.0 Å². The van der Waals surface area contributed by atoms with Gasteiger partial charge in [0.25, 0.3) is 0 Å². The standard InChI is InChI=1S/C14H13ClN4O/c15-11-5-6-12(19-18-11)17-14(20)13-10-4-2-1-3-9(10)7-8-16-13/h1-6,13,16H,7-8H2,(H,17,19,20). The Labute approximate surface area is 121 Å². The highest BCUT2D eigenvalue weighted by atomic mass is 35.5. The zero-order valence-electron chi connectivity index (χ0n) is 10.6. The molecular formula is C14H13ClN4O. The highest BCUT2D eigenvalue weighted by Crippen LogP contribution is 2.23. The predicted octanol–water partition coefficient (Wildman–Crippen LogP) is 1.96. The molecule has 6 heteroatoms. The molecule has 2 N–H and O–H groups in total. The van der Waals surface area contributed by atoms with Crippen LogP contribution in [-0.2, 0) is 11.2 Å². The van der Waals surface area contributed by atoms with E-state index in [1.165, 1.54) is 5.56 Å². The molecule has 0 fully saturated rings. The molecule has 3 rings (SSSR count). The van der Waals surface area contributed by atoms with Crippen LogP contribution in [0, 0.1) is 0 Å². The van der Waals surface area contributed by atoms with Gasteiger partial charge in [-0.25, -0.2) is 0 Å². The number of aromatic nitrogens is 2. The van der Waals surface area contributed by atoms with Gasteiger partial charge in [-0.15, -0.1) is 10.2 Å². The first-order chi connectivity index (χ1) is 9.74. The Morgan fingerprint density at radius 2 is 2.10 bits per heavy atom. The molecule has 0 saturated carbocycles. The molecule has 1 aliphatic rings. The molecule has 102 valence electrons. The lowest BCUT2D eigenvalue weighted by Crippen LogP contribution is -2.38. The lowest BCUT2D eigenvalue weighted by atomic mass is 9.94. The molecule has 0 bridgehead atoms. The van der Waals surface area contributed by atoms with Crippen molar-refractivity contribution in [2.45, 2.75) is 12.5 Å². The number of nitrogens with zero attached hydrogens (tertiary/aromatic N) is 2. The Balaban J connectivity index is 1.80. The largest absolute Gasteiger partial charge is 0.308 e. The molecule has 1 aromatic heterocycles. The van der Waals surface area contributed by atoms with Crippen molar-refractivity contribution in [3.8, 4) is 0 Å². The summed E-state index contributed by atoms with van der Waals surface area (Å²) in [6.07, 6.45) is 0.931. The van der Waals surface area contributed by atoms with Crippen LogP contribution >= 0.6 is 11.6 Å². The number of hydrogen-bond acceptors (Lipinski definition) is 4. The van der Waals surface area contributed by atoms with Crippen molar-refractivity contribution in [2.75, 3.05) is 11.9 Å². The van der Waals surface area contributed by atoms with E-state index in [9.17, 15) is 4.79 Å². The van der Waals surface area contributed by atoms with Gasteiger partial charge in [-0.3, -0.25) is 4.79 Å². The van der Waals surface area contributed by atoms with Crippen molar-refractivity contribution in [2.24, 2.45) is 0 Å². The Morgan fingerprint density at radius 3 is 2.90 bits per heavy atom. The number of nitrogens with one attached hydrogen (secondary N) is 2. The number of amides is 1. The van der Waals surface area contributed by atoms with Crippen molar-refractivity contribution >= 4 is 23.3 Å². The second kappa shape index (κ2) is 5.56. The van der Waals surface area contributed by atoms with Crippen LogP contribution in [0.1, 0.15) is 17.2 Å². The highest BCUT2D eigenvalue weighted by molar-refractivity contribution is 6.29. The second-order valence-electron chi connectivity index (χ2n) is 4.57. The first-order valence-corrected chi connectivity index (χ1v) is 6.73. The topological polar surface area (TPSA) is 66.9 Å². The molecule has 1 unspecified atom stereocenters. The summed E-state index contributed by atoms with van der Waals surface area (Å²) in [5.41, 5.74) is 2.21. The van der Waals surface area contributed by atoms with E-state index in [-0.39, 0.29) is 11.9 Å². The van der Waals surface area contributed by atoms with Gasteiger partial charge < -0.3 is 10.6 Å². The third-order valence-electron chi connectivity index (χ3n) is 3.25. The van der Waals surface area contributed by atoms with E-state index < -0.39 is 0 Å². The first kappa shape index (κ1) is 13.0. The van der Waals surface area contributed by atoms with Crippen LogP contribution in [0.5, 0.6) is 0 Å². The second-order valence-corrected chi connectivity index (χ2v) is 4.95. The number of fused-ring (bicyclic) bond motifs is 1. The SMILES string of the molecule is O=C(Nc1ccc(Cl)nn1)C1NCCc2ccccc21. The van der Waals surface area contributed by atoms with Crippen LogP contribution in [0.4, 0.5) is 5.82 Å². The number of carbonyl (C=O) groups is 1. The summed E-state index contributed by atoms with van der Waals surface area (Å²) >= 11 is 5.67. The molecule has 0 spiro atoms. The monoisotopic (exact) mass is 288 g/mol. The van der Waals surface area contributed by atoms with Crippen molar-refractivity contribution in [3.05, 3.63) is 52.7 Å². The molecular weight excluding hydrogens is 276 g/mol. The molecule has 1 aliphatic heterocycles. The summed E-state index contributed by atoms with van der Waals surface area (Å²) in [7, 11) is 0. The predicted molar refractivity (Wildman–Crippen MR) is 76.6 cm³/mol. The van der Waals surface area contributed by atoms with Gasteiger partial charge in [0.1, 0.15) is 6.04 Å². The number of rotatable bonds is 2. The van der Waals surface area contributed by atoms with Crippen LogP contribution < -0.4 is 10.6 Å². The minimum Gasteiger partial charge on any atom is -0.308 e. The number of anilines is 1. The van der Waals surface area contributed by atoms with E-state index in [0.29, 0.717) is 11.0 Å². The molecule has 1 atom stereocenters. The minimum atomic E-state index is -0.363. The van der Waals surface area contributed by atoms with Crippen LogP contribution in [-0.4, -0.2) is 22.6 Å². The van der Waals surface area contributed by atoms with Crippen molar-refractivity contribution < 1.29 is 4.79 Å². The average molecular weight is 289 g/mol. The average Bonchev–Trinajstić information content (AvgIpc) is 2.49. The van der Waals surface area contributed by atoms with Gasteiger partial charge in [-0.1, -0.05) is 35.9 Å². The van der Waals surface area contributed by atoms with Gasteiger partial charge in [0, 0.05) is 6.54 Å². The van der Waals surface area contributed by atoms with E-state index >= 15 is 0 Å². The maximum Gasteiger partial charge on any atom is 0.247 e. The van der Waals surface area contributed by atoms with Gasteiger partial charge in [-0.05, 0) is 29.7 Å². The fourth-order valence-electron chi connectivity index (χ4n) is 2.32. The maximum absolute atomic E-state index is 12.3. The summed E-state index contributed by atoms with van der Waals surface area (Å²) in [6.45, 7) is 0.779. The highest BCUT2D eigenvalue weighted by Gasteiger charge is 2.25. The van der Waals surface area contributed by atoms with Gasteiger partial charge in [0.2, 0.25) is 5.91 Å². The first-order valence-electron chi connectivity index (χ1n) is 6.35. The summed E-state index contributed by atoms with van der Waals surface area (Å²) in [6, 6.07) is 10.8. The summed E-state index contributed by atoms with van der Waals surface area (Å²) in [5.74, 6) is 0.248. The van der Waals surface area contributed by atoms with Crippen LogP contribution in [0.2, 0.25) is 5.15 Å². The fourth-order valence-corrected chi connectivity index (χ4v) is 2.42. The molecule has 0 radical (unpaired) electrons. The van der Waals surface area contributed by atoms with Crippen LogP contribution in [0.25, 0.3) is 0 Å². The molecule has 5 nitrogen and oxygen atoms in total. The molecule has 1 aromatic carbocycles. The van der Waals surface area contributed by atoms with E-state index in [1.54, 1.807) is 12.1 Å². The zero-order valence-corrected chi connectivity index (χ0v) is 11.4. The molecule has 20 heavy (non-hydrogen) atoms. The van der Waals surface area contributed by atoms with Gasteiger partial charge in [0.05, 0.1) is 0 Å². The molecule has 0 aliphatic carbocycles. The van der Waals surface area contributed by atoms with E-state index in [0.717, 1.165) is 18.5 Å². The number of hydrogen-bond donors (Lipinski definition) is 2. The lowest BCUT2D eigenvalue weighted by molar-refractivity contribution is -0.118. The maximum atomic E-state index is 12.3. The molecule has 2 heterocycles. The van der Waals surface area contributed by atoms with Gasteiger partial charge in [-0.2, -0.15) is 0 Å². The summed E-state index contributed by atoms with van der Waals surface area (Å²) in [5, 5.41) is 13.8. The van der Waals surface area contributed by atoms with E-state index in [2.05, 4.69) is 26.9 Å². The third kappa shape index (κ3) is 2.64. The summed E-state index contributed by atoms with van der Waals surface area (Å²) < 4.78 is 0. The molecule has 2 aromatic rings. The van der Waals surface area contributed by atoms with E-state index in [4.69, 9.17) is 11.6 Å². The Morgan fingerprint density at radius 1 is 1.25 bits per heavy atom. The lowest BCUT2D eigenvalue weighted by Gasteiger charge is -2.25. The number of halogens is 1. The Bertz CT molecular complexity index is 629. The Kier molecular flexibility index (Phi) is 3.62. The summed E-state index contributed by atoms with van der Waals surface area (Å²) in [4.78, 5) is 12.3. The molecule has 1 amide bonds. The van der Waals surface area contributed by atoms with Crippen LogP contribution in [0.3, 0.4) is 0 Å². The fraction of sp³-hybridized carbons (Fsp3) is 0.214. The van der Waals surface area contributed by atoms with Gasteiger partial charge >= 0.3 is 0 Å². The minimum absolute atomic E-state index is 0.145. The van der Waals surface area contributed by atoms with Crippen molar-refractivity contribution in [1.29, 1.82) is 0 Å². The van der Waals surface area contributed by atoms with Crippen molar-refractivity contribution in [3.63, 3.8) is 0 Å². The van der Waals surface area contributed by atoms with Crippen LogP contribution in [0.15, 0.2) is 36.4 Å². The normalized spacial score (nSPS) is 17.4. The zero-order chi connectivity index (χ0) is 13.9. The molecule has 0 saturated heterocycles. The Hall–Kier alpha value is -1.98. The van der Waals surface area contributed by atoms with E-state index in [1.807, 2.05) is 18.2 Å². The third-order valence-corrected chi connectivity index (χ3v) is 3.46. The smallest absolute Gasteiger partial charge is 0.247 e. The number of carbonyl (C=O) groups excluding carboxylic acids is 1. The quantitative estimate of drug-likeness (QED) is 0.886. The van der Waals surface area contributed by atoms with Crippen molar-refractivity contribution in [1.82, 2.24) is 15.5 Å².